The highest BCUT2D eigenvalue weighted by atomic mass is 35.5. The maximum atomic E-state index is 13.8. The van der Waals surface area contributed by atoms with E-state index in [1.54, 1.807) is 84.9 Å². The quantitative estimate of drug-likeness (QED) is 0.0279. The topological polar surface area (TPSA) is 284 Å². The number of sulfonamides is 4. The minimum absolute atomic E-state index is 0.232. The van der Waals surface area contributed by atoms with Crippen LogP contribution >= 0.6 is 56.9 Å². The van der Waals surface area contributed by atoms with Crippen molar-refractivity contribution in [3.05, 3.63) is 95.3 Å². The number of anilines is 4. The van der Waals surface area contributed by atoms with E-state index in [9.17, 15) is 46.8 Å². The molecule has 0 aliphatic heterocycles. The molecular weight excluding hydrogens is 1460 g/mol. The van der Waals surface area contributed by atoms with Crippen LogP contribution in [0.5, 0.6) is 0 Å². The lowest BCUT2D eigenvalue weighted by molar-refractivity contribution is 0.337. The molecule has 12 rings (SSSR count). The van der Waals surface area contributed by atoms with Gasteiger partial charge in [-0.05, 0) is 242 Å². The zero-order chi connectivity index (χ0) is 72.1. The molecule has 0 atom stereocenters. The maximum Gasteiger partial charge on any atom is 0.213 e. The van der Waals surface area contributed by atoms with E-state index in [0.717, 1.165) is 148 Å². The van der Waals surface area contributed by atoms with Gasteiger partial charge >= 0.3 is 0 Å². The second-order valence-corrected chi connectivity index (χ2v) is 41.5. The smallest absolute Gasteiger partial charge is 0.213 e. The highest BCUT2D eigenvalue weighted by molar-refractivity contribution is 7.90. The summed E-state index contributed by atoms with van der Waals surface area (Å²) >= 11 is 12.0. The molecule has 0 bridgehead atoms. The van der Waals surface area contributed by atoms with Gasteiger partial charge in [-0.1, -0.05) is 63.0 Å². The van der Waals surface area contributed by atoms with Crippen molar-refractivity contribution in [1.29, 1.82) is 0 Å². The van der Waals surface area contributed by atoms with Crippen LogP contribution in [-0.4, -0.2) is 125 Å². The van der Waals surface area contributed by atoms with E-state index in [2.05, 4.69) is 60.1 Å². The van der Waals surface area contributed by atoms with E-state index in [4.69, 9.17) is 11.6 Å². The van der Waals surface area contributed by atoms with E-state index in [1.165, 1.54) is 64.3 Å². The molecule has 4 aliphatic carbocycles. The summed E-state index contributed by atoms with van der Waals surface area (Å²) in [5.41, 5.74) is 3.11. The van der Waals surface area contributed by atoms with Gasteiger partial charge < -0.3 is 21.3 Å². The minimum atomic E-state index is -3.19. The third kappa shape index (κ3) is 23.4. The van der Waals surface area contributed by atoms with Crippen molar-refractivity contribution in [2.24, 2.45) is 23.7 Å². The molecule has 4 aromatic carbocycles. The Labute approximate surface area is 609 Å². The Kier molecular flexibility index (Phi) is 28.5. The Morgan fingerprint density at radius 3 is 1.08 bits per heavy atom. The fourth-order valence-electron chi connectivity index (χ4n) is 12.2. The Balaban J connectivity index is 0.000000156. The van der Waals surface area contributed by atoms with Gasteiger partial charge in [0.25, 0.3) is 0 Å². The summed E-state index contributed by atoms with van der Waals surface area (Å²) in [7, 11) is -12.7. The zero-order valence-electron chi connectivity index (χ0n) is 57.8. The predicted octanol–water partition coefficient (Wildman–Crippen LogP) is 15.4. The molecule has 20 nitrogen and oxygen atoms in total. The molecule has 4 aliphatic rings. The highest BCUT2D eigenvalue weighted by Crippen LogP contribution is 2.36. The highest BCUT2D eigenvalue weighted by Gasteiger charge is 2.29. The molecule has 0 radical (unpaired) electrons. The number of hydrogen-bond donors (Lipinski definition) is 8. The molecule has 8 aromatic rings. The van der Waals surface area contributed by atoms with Gasteiger partial charge in [-0.25, -0.2) is 85.7 Å². The van der Waals surface area contributed by atoms with Gasteiger partial charge in [-0.3, -0.25) is 0 Å². The minimum Gasteiger partial charge on any atom is -0.359 e. The fourth-order valence-corrected chi connectivity index (χ4v) is 19.3. The Morgan fingerprint density at radius 2 is 0.700 bits per heavy atom. The first-order valence-corrected chi connectivity index (χ1v) is 44.4. The number of benzene rings is 4. The van der Waals surface area contributed by atoms with Gasteiger partial charge in [-0.15, -0.1) is 0 Å². The molecule has 552 valence electrons. The lowest BCUT2D eigenvalue weighted by Crippen LogP contribution is -2.37. The van der Waals surface area contributed by atoms with E-state index in [1.807, 2.05) is 24.3 Å². The van der Waals surface area contributed by atoms with E-state index < -0.39 is 55.8 Å². The van der Waals surface area contributed by atoms with Crippen LogP contribution in [0.2, 0.25) is 5.02 Å². The molecule has 0 unspecified atom stereocenters. The molecule has 0 amide bonds. The van der Waals surface area contributed by atoms with E-state index in [0.29, 0.717) is 94.8 Å². The summed E-state index contributed by atoms with van der Waals surface area (Å²) in [4.78, 5) is 18.0. The van der Waals surface area contributed by atoms with Crippen molar-refractivity contribution < 1.29 is 46.8 Å². The van der Waals surface area contributed by atoms with Crippen LogP contribution < -0.4 is 40.2 Å². The van der Waals surface area contributed by atoms with Gasteiger partial charge in [-0.2, -0.15) is 0 Å². The summed E-state index contributed by atoms with van der Waals surface area (Å²) in [5, 5.41) is 16.3. The first kappa shape index (κ1) is 79.5. The first-order chi connectivity index (χ1) is 47.3. The van der Waals surface area contributed by atoms with Gasteiger partial charge in [0.2, 0.25) is 40.1 Å². The Hall–Kier alpha value is -4.64. The van der Waals surface area contributed by atoms with Crippen LogP contribution in [0.4, 0.5) is 33.7 Å². The lowest BCUT2D eigenvalue weighted by Gasteiger charge is -2.29. The number of nitrogens with zero attached hydrogens (tertiary/aromatic N) is 4. The second kappa shape index (κ2) is 35.9. The molecule has 4 heterocycles. The monoisotopic (exact) mass is 1560 g/mol. The largest absolute Gasteiger partial charge is 0.359 e. The summed E-state index contributed by atoms with van der Waals surface area (Å²) in [5.74, 6) is 0.817. The maximum absolute atomic E-state index is 13.8. The van der Waals surface area contributed by atoms with E-state index >= 15 is 0 Å². The van der Waals surface area contributed by atoms with Crippen molar-refractivity contribution in [3.63, 3.8) is 0 Å². The van der Waals surface area contributed by atoms with E-state index in [-0.39, 0.29) is 22.7 Å². The van der Waals surface area contributed by atoms with Gasteiger partial charge in [0.05, 0.1) is 61.9 Å². The van der Waals surface area contributed by atoms with Crippen molar-refractivity contribution in [1.82, 2.24) is 38.8 Å². The molecule has 4 fully saturated rings. The lowest BCUT2D eigenvalue weighted by atomic mass is 9.86. The third-order valence-electron chi connectivity index (χ3n) is 18.9. The predicted molar refractivity (Wildman–Crippen MR) is 409 cm³/mol. The molecule has 4 aromatic heterocycles. The number of nitrogens with one attached hydrogen (secondary N) is 8. The van der Waals surface area contributed by atoms with Crippen molar-refractivity contribution in [2.45, 2.75) is 203 Å². The normalized spacial score (nSPS) is 21.8. The number of halogens is 4. The summed E-state index contributed by atoms with van der Waals surface area (Å²) in [6.07, 6.45) is 15.9. The van der Waals surface area contributed by atoms with Crippen LogP contribution in [0.15, 0.2) is 72.8 Å². The average Bonchev–Trinajstić information content (AvgIpc) is 1.65. The standard InChI is InChI=1S/C17H24ClN3O2S2.3C17H24FN3O2S2/c2*1-11(2)25(22,23)19-10-12-3-6-14(7-4-12)20-17-21-15-9-13(18)5-8-16(15)24-17;1-11(2)25(22,23)19-10-12-3-6-14(7-4-12)20-17-21-15-8-5-13(18)9-16(15)24-17;1-11(2)25(22,23)19-10-12-6-8-13(9-7-12)20-17-21-15-5-3-4-14(18)16(15)24-17/h3*5,8-9,11-12,14,19H,3-4,6-7,10H2,1-2H3,(H,20,21);3-5,11-13,19H,6-10H2,1-2H3,(H,20,21). The second-order valence-electron chi connectivity index (χ2n) is 27.7. The molecule has 4 saturated carbocycles. The van der Waals surface area contributed by atoms with Gasteiger partial charge in [0, 0.05) is 61.4 Å². The molecule has 0 spiro atoms. The van der Waals surface area contributed by atoms with Crippen LogP contribution in [0.1, 0.15) is 158 Å². The van der Waals surface area contributed by atoms with Gasteiger partial charge in [0.1, 0.15) is 17.5 Å². The summed E-state index contributed by atoms with van der Waals surface area (Å²) in [6.45, 7) is 15.6. The van der Waals surface area contributed by atoms with Crippen LogP contribution in [-0.2, 0) is 40.1 Å². The number of fused-ring (bicyclic) bond motifs is 4. The zero-order valence-corrected chi connectivity index (χ0v) is 65.1. The van der Waals surface area contributed by atoms with Crippen molar-refractivity contribution >= 4 is 158 Å². The van der Waals surface area contributed by atoms with Crippen LogP contribution in [0.3, 0.4) is 0 Å². The molecule has 32 heteroatoms. The Morgan fingerprint density at radius 1 is 0.380 bits per heavy atom. The Bertz CT molecular complexity index is 4100. The van der Waals surface area contributed by atoms with Crippen LogP contribution in [0.25, 0.3) is 40.9 Å². The third-order valence-corrected chi connectivity index (χ3v) is 30.3. The number of rotatable bonds is 24. The first-order valence-electron chi connectivity index (χ1n) is 34.6. The average molecular weight is 1560 g/mol. The van der Waals surface area contributed by atoms with Gasteiger partial charge in [0.15, 0.2) is 20.5 Å². The number of thiazole rings is 4. The number of hydrogen-bond acceptors (Lipinski definition) is 20. The molecule has 100 heavy (non-hydrogen) atoms. The fraction of sp³-hybridized carbons (Fsp3) is 0.588. The molecule has 8 N–H and O–H groups in total. The summed E-state index contributed by atoms with van der Waals surface area (Å²) < 4.78 is 149. The summed E-state index contributed by atoms with van der Waals surface area (Å²) in [6, 6.07) is 21.4. The molecular formula is C68H96ClF3N12O8S8. The van der Waals surface area contributed by atoms with Crippen molar-refractivity contribution in [2.75, 3.05) is 47.4 Å². The van der Waals surface area contributed by atoms with Crippen molar-refractivity contribution in [3.8, 4) is 0 Å². The number of aromatic nitrogens is 4. The SMILES string of the molecule is CC(C)S(=O)(=O)NCC1CCC(Nc2nc3cc(Cl)ccc3s2)CC1.CC(C)S(=O)(=O)NCC1CCC(Nc2nc3cc(F)ccc3s2)CC1.CC(C)S(=O)(=O)NCC1CCC(Nc2nc3ccc(F)cc3s2)CC1.CC(C)S(=O)(=O)NCC1CCC(Nc2nc3cccc(F)c3s2)CC1. The van der Waals surface area contributed by atoms with Crippen LogP contribution in [0, 0.1) is 41.1 Å². The molecule has 0 saturated heterocycles.